The lowest BCUT2D eigenvalue weighted by atomic mass is 9.94. The number of furan rings is 1. The van der Waals surface area contributed by atoms with Gasteiger partial charge in [-0.2, -0.15) is 0 Å². The van der Waals surface area contributed by atoms with Crippen molar-refractivity contribution in [1.82, 2.24) is 20.4 Å². The van der Waals surface area contributed by atoms with Crippen LogP contribution >= 0.6 is 0 Å². The van der Waals surface area contributed by atoms with Gasteiger partial charge in [-0.1, -0.05) is 13.0 Å². The predicted octanol–water partition coefficient (Wildman–Crippen LogP) is 1.88. The van der Waals surface area contributed by atoms with E-state index in [1.54, 1.807) is 23.1 Å². The largest absolute Gasteiger partial charge is 0.497 e. The third kappa shape index (κ3) is 3.86. The number of ether oxygens (including phenoxy) is 2. The first kappa shape index (κ1) is 22.8. The number of carbonyl (C=O) groups is 4. The number of nitrogens with zero attached hydrogens (tertiary/aromatic N) is 2. The monoisotopic (exact) mass is 482 g/mol. The van der Waals surface area contributed by atoms with E-state index in [1.807, 2.05) is 13.0 Å². The molecule has 1 aromatic carbocycles. The SMILES string of the molecule is CCCOC(=O)N1CCc2oc([C@]3(CN4Cc5ccc(OC)cc5C4=O)NC(=O)NC3=O)cc2C1. The van der Waals surface area contributed by atoms with E-state index < -0.39 is 23.6 Å². The maximum absolute atomic E-state index is 13.2. The van der Waals surface area contributed by atoms with E-state index in [0.717, 1.165) is 17.5 Å². The van der Waals surface area contributed by atoms with Crippen molar-refractivity contribution >= 4 is 23.9 Å². The van der Waals surface area contributed by atoms with Gasteiger partial charge in [0.15, 0.2) is 5.54 Å². The van der Waals surface area contributed by atoms with Gasteiger partial charge in [0.05, 0.1) is 26.8 Å². The minimum Gasteiger partial charge on any atom is -0.497 e. The van der Waals surface area contributed by atoms with Crippen LogP contribution in [0.2, 0.25) is 0 Å². The summed E-state index contributed by atoms with van der Waals surface area (Å²) in [7, 11) is 1.52. The van der Waals surface area contributed by atoms with Gasteiger partial charge in [-0.25, -0.2) is 9.59 Å². The van der Waals surface area contributed by atoms with Crippen LogP contribution in [0.15, 0.2) is 28.7 Å². The lowest BCUT2D eigenvalue weighted by molar-refractivity contribution is -0.125. The minimum atomic E-state index is -1.59. The van der Waals surface area contributed by atoms with E-state index in [-0.39, 0.29) is 31.3 Å². The van der Waals surface area contributed by atoms with Crippen molar-refractivity contribution in [2.24, 2.45) is 0 Å². The third-order valence-corrected chi connectivity index (χ3v) is 6.54. The summed E-state index contributed by atoms with van der Waals surface area (Å²) >= 11 is 0. The summed E-state index contributed by atoms with van der Waals surface area (Å²) in [6.07, 6.45) is 0.762. The highest BCUT2D eigenvalue weighted by atomic mass is 16.6. The van der Waals surface area contributed by atoms with Crippen molar-refractivity contribution in [2.75, 3.05) is 26.8 Å². The highest BCUT2D eigenvalue weighted by Crippen LogP contribution is 2.35. The number of urea groups is 1. The molecule has 0 bridgehead atoms. The number of rotatable bonds is 6. The molecule has 0 unspecified atom stereocenters. The Bertz CT molecular complexity index is 1220. The molecule has 2 N–H and O–H groups in total. The van der Waals surface area contributed by atoms with Crippen LogP contribution in [-0.4, -0.2) is 60.5 Å². The summed E-state index contributed by atoms with van der Waals surface area (Å²) < 4.78 is 16.5. The van der Waals surface area contributed by atoms with Gasteiger partial charge in [-0.3, -0.25) is 14.9 Å². The fourth-order valence-corrected chi connectivity index (χ4v) is 4.72. The first-order chi connectivity index (χ1) is 16.8. The van der Waals surface area contributed by atoms with Crippen molar-refractivity contribution in [3.8, 4) is 5.75 Å². The molecule has 1 aromatic heterocycles. The minimum absolute atomic E-state index is 0.116. The molecule has 4 heterocycles. The zero-order valence-corrected chi connectivity index (χ0v) is 19.5. The van der Waals surface area contributed by atoms with Gasteiger partial charge in [-0.15, -0.1) is 0 Å². The van der Waals surface area contributed by atoms with Crippen LogP contribution in [-0.2, 0) is 34.6 Å². The molecule has 0 spiro atoms. The molecule has 11 heteroatoms. The molecule has 3 aliphatic rings. The van der Waals surface area contributed by atoms with E-state index >= 15 is 0 Å². The summed E-state index contributed by atoms with van der Waals surface area (Å²) in [5.41, 5.74) is 0.428. The van der Waals surface area contributed by atoms with E-state index in [9.17, 15) is 19.2 Å². The number of benzene rings is 1. The molecule has 1 fully saturated rings. The molecule has 35 heavy (non-hydrogen) atoms. The highest BCUT2D eigenvalue weighted by molar-refractivity contribution is 6.08. The van der Waals surface area contributed by atoms with Gasteiger partial charge in [0.25, 0.3) is 11.8 Å². The topological polar surface area (TPSA) is 130 Å². The molecule has 3 aliphatic heterocycles. The highest BCUT2D eigenvalue weighted by Gasteiger charge is 2.53. The smallest absolute Gasteiger partial charge is 0.410 e. The van der Waals surface area contributed by atoms with Crippen LogP contribution in [0.3, 0.4) is 0 Å². The van der Waals surface area contributed by atoms with Crippen LogP contribution in [0.1, 0.15) is 46.3 Å². The molecule has 11 nitrogen and oxygen atoms in total. The van der Waals surface area contributed by atoms with Gasteiger partial charge in [0.2, 0.25) is 0 Å². The van der Waals surface area contributed by atoms with Crippen LogP contribution in [0, 0.1) is 0 Å². The zero-order valence-electron chi connectivity index (χ0n) is 19.5. The van der Waals surface area contributed by atoms with Crippen LogP contribution in [0.25, 0.3) is 0 Å². The summed E-state index contributed by atoms with van der Waals surface area (Å²) in [5, 5.41) is 4.96. The van der Waals surface area contributed by atoms with Crippen molar-refractivity contribution < 1.29 is 33.1 Å². The van der Waals surface area contributed by atoms with Crippen LogP contribution < -0.4 is 15.4 Å². The first-order valence-electron chi connectivity index (χ1n) is 11.5. The number of methoxy groups -OCH3 is 1. The average Bonchev–Trinajstić information content (AvgIpc) is 3.50. The molecular weight excluding hydrogens is 456 g/mol. The number of amides is 5. The summed E-state index contributed by atoms with van der Waals surface area (Å²) in [5.74, 6) is 0.536. The zero-order chi connectivity index (χ0) is 24.7. The normalized spacial score (nSPS) is 20.9. The Labute approximate surface area is 201 Å². The Morgan fingerprint density at radius 1 is 1.17 bits per heavy atom. The van der Waals surface area contributed by atoms with Gasteiger partial charge < -0.3 is 29.0 Å². The van der Waals surface area contributed by atoms with Crippen LogP contribution in [0.5, 0.6) is 5.75 Å². The second kappa shape index (κ2) is 8.64. The number of hydrogen-bond acceptors (Lipinski definition) is 7. The van der Waals surface area contributed by atoms with Gasteiger partial charge in [0.1, 0.15) is 17.3 Å². The lowest BCUT2D eigenvalue weighted by Gasteiger charge is -2.29. The van der Waals surface area contributed by atoms with E-state index in [2.05, 4.69) is 10.6 Å². The Kier molecular flexibility index (Phi) is 5.62. The second-order valence-corrected chi connectivity index (χ2v) is 8.84. The summed E-state index contributed by atoms with van der Waals surface area (Å²) in [6, 6.07) is 6.25. The maximum Gasteiger partial charge on any atom is 0.410 e. The Morgan fingerprint density at radius 3 is 2.71 bits per heavy atom. The molecule has 1 saturated heterocycles. The molecular formula is C24H26N4O7. The Morgan fingerprint density at radius 2 is 2.00 bits per heavy atom. The average molecular weight is 482 g/mol. The van der Waals surface area contributed by atoms with E-state index in [0.29, 0.717) is 36.6 Å². The van der Waals surface area contributed by atoms with Gasteiger partial charge in [0, 0.05) is 30.6 Å². The van der Waals surface area contributed by atoms with Crippen molar-refractivity contribution in [3.05, 3.63) is 52.5 Å². The fraction of sp³-hybridized carbons (Fsp3) is 0.417. The Hall–Kier alpha value is -4.02. The number of imide groups is 1. The van der Waals surface area contributed by atoms with E-state index in [4.69, 9.17) is 13.9 Å². The number of carbonyl (C=O) groups excluding carboxylic acids is 4. The molecule has 184 valence electrons. The second-order valence-electron chi connectivity index (χ2n) is 8.84. The predicted molar refractivity (Wildman–Crippen MR) is 121 cm³/mol. The van der Waals surface area contributed by atoms with Gasteiger partial charge in [-0.05, 0) is 30.2 Å². The molecule has 1 atom stereocenters. The quantitative estimate of drug-likeness (QED) is 0.601. The Balaban J connectivity index is 1.42. The van der Waals surface area contributed by atoms with Crippen molar-refractivity contribution in [3.63, 3.8) is 0 Å². The molecule has 2 aromatic rings. The summed E-state index contributed by atoms with van der Waals surface area (Å²) in [4.78, 5) is 53.8. The van der Waals surface area contributed by atoms with E-state index in [1.165, 1.54) is 12.0 Å². The third-order valence-electron chi connectivity index (χ3n) is 6.54. The number of hydrogen-bond donors (Lipinski definition) is 2. The molecule has 0 aliphatic carbocycles. The van der Waals surface area contributed by atoms with Crippen LogP contribution in [0.4, 0.5) is 9.59 Å². The first-order valence-corrected chi connectivity index (χ1v) is 11.5. The van der Waals surface area contributed by atoms with Crippen molar-refractivity contribution in [2.45, 2.75) is 38.4 Å². The molecule has 0 radical (unpaired) electrons. The molecule has 0 saturated carbocycles. The molecule has 5 rings (SSSR count). The number of nitrogens with one attached hydrogen (secondary N) is 2. The van der Waals surface area contributed by atoms with Gasteiger partial charge >= 0.3 is 12.1 Å². The van der Waals surface area contributed by atoms with Crippen molar-refractivity contribution in [1.29, 1.82) is 0 Å². The molecule has 5 amide bonds. The fourth-order valence-electron chi connectivity index (χ4n) is 4.72. The number of fused-ring (bicyclic) bond motifs is 2. The lowest BCUT2D eigenvalue weighted by Crippen LogP contribution is -2.52. The maximum atomic E-state index is 13.2. The summed E-state index contributed by atoms with van der Waals surface area (Å²) in [6.45, 7) is 3.10. The standard InChI is InChI=1S/C24H26N4O7/c1-3-8-34-23(32)27-7-6-18-15(12-27)9-19(35-18)24(21(30)25-22(31)26-24)13-28-11-14-4-5-16(33-2)10-17(14)20(28)29/h4-5,9-10H,3,6-8,11-13H2,1-2H3,(H2,25,26,30,31)/t24-/m0/s1.